The van der Waals surface area contributed by atoms with Crippen molar-refractivity contribution in [1.29, 1.82) is 0 Å². The summed E-state index contributed by atoms with van der Waals surface area (Å²) in [5.41, 5.74) is -1.46. The first kappa shape index (κ1) is 13.3. The van der Waals surface area contributed by atoms with E-state index in [1.54, 1.807) is 27.7 Å². The van der Waals surface area contributed by atoms with Crippen molar-refractivity contribution in [2.45, 2.75) is 64.2 Å². The second-order valence-corrected chi connectivity index (χ2v) is 5.62. The van der Waals surface area contributed by atoms with Gasteiger partial charge in [0.2, 0.25) is 0 Å². The first-order chi connectivity index (χ1) is 6.98. The first-order valence-electron chi connectivity index (χ1n) is 5.40. The van der Waals surface area contributed by atoms with Crippen LogP contribution in [0.1, 0.15) is 47.0 Å². The Morgan fingerprint density at radius 3 is 1.75 bits per heavy atom. The molecule has 0 aromatic heterocycles. The quantitative estimate of drug-likeness (QED) is 0.634. The number of carbonyl (C=O) groups is 1. The molecule has 1 amide bonds. The summed E-state index contributed by atoms with van der Waals surface area (Å²) in [6, 6.07) is 0. The van der Waals surface area contributed by atoms with Crippen LogP contribution in [-0.4, -0.2) is 28.1 Å². The highest BCUT2D eigenvalue weighted by Crippen LogP contribution is 2.40. The van der Waals surface area contributed by atoms with Crippen LogP contribution in [0.4, 0.5) is 13.2 Å². The molecule has 16 heavy (non-hydrogen) atoms. The van der Waals surface area contributed by atoms with E-state index in [0.29, 0.717) is 12.8 Å². The highest BCUT2D eigenvalue weighted by atomic mass is 19.4. The molecule has 0 radical (unpaired) electrons. The molecule has 0 aromatic carbocycles. The van der Waals surface area contributed by atoms with Crippen molar-refractivity contribution in [3.63, 3.8) is 0 Å². The fourth-order valence-electron chi connectivity index (χ4n) is 2.67. The molecule has 0 unspecified atom stereocenters. The van der Waals surface area contributed by atoms with Gasteiger partial charge >= 0.3 is 12.1 Å². The highest BCUT2D eigenvalue weighted by Gasteiger charge is 2.53. The molecule has 5 heteroatoms. The van der Waals surface area contributed by atoms with Gasteiger partial charge in [-0.25, -0.2) is 0 Å². The van der Waals surface area contributed by atoms with E-state index >= 15 is 0 Å². The lowest BCUT2D eigenvalue weighted by molar-refractivity contribution is -0.201. The summed E-state index contributed by atoms with van der Waals surface area (Å²) in [4.78, 5) is 12.5. The summed E-state index contributed by atoms with van der Waals surface area (Å²) >= 11 is 0. The molecule has 0 saturated carbocycles. The van der Waals surface area contributed by atoms with Crippen molar-refractivity contribution in [3.8, 4) is 0 Å². The van der Waals surface area contributed by atoms with Crippen molar-refractivity contribution >= 4 is 5.91 Å². The summed E-state index contributed by atoms with van der Waals surface area (Å²) in [6.45, 7) is 6.77. The van der Waals surface area contributed by atoms with E-state index in [2.05, 4.69) is 0 Å². The molecule has 1 heterocycles. The third-order valence-electron chi connectivity index (χ3n) is 3.23. The van der Waals surface area contributed by atoms with Crippen LogP contribution in [0, 0.1) is 0 Å². The Kier molecular flexibility index (Phi) is 3.03. The lowest BCUT2D eigenvalue weighted by Gasteiger charge is -2.52. The second kappa shape index (κ2) is 3.64. The minimum atomic E-state index is -4.79. The molecular weight excluding hydrogens is 219 g/mol. The molecule has 2 nitrogen and oxygen atoms in total. The number of amides is 1. The molecule has 0 aromatic rings. The Hall–Kier alpha value is -0.740. The minimum absolute atomic E-state index is 0.609. The molecule has 1 aliphatic rings. The van der Waals surface area contributed by atoms with Gasteiger partial charge in [0.1, 0.15) is 0 Å². The Bertz CT molecular complexity index is 278. The zero-order valence-corrected chi connectivity index (χ0v) is 10.1. The number of likely N-dealkylation sites (tertiary alicyclic amines) is 1. The van der Waals surface area contributed by atoms with Crippen LogP contribution in [0.15, 0.2) is 0 Å². The number of carbonyl (C=O) groups excluding carboxylic acids is 1. The summed E-state index contributed by atoms with van der Waals surface area (Å²) in [7, 11) is 0. The smallest absolute Gasteiger partial charge is 0.325 e. The Morgan fingerprint density at radius 1 is 1.06 bits per heavy atom. The van der Waals surface area contributed by atoms with Gasteiger partial charge in [-0.15, -0.1) is 0 Å². The zero-order valence-electron chi connectivity index (χ0n) is 10.1. The molecule has 0 bridgehead atoms. The van der Waals surface area contributed by atoms with Crippen molar-refractivity contribution in [2.75, 3.05) is 0 Å². The number of hydrogen-bond acceptors (Lipinski definition) is 1. The molecule has 0 N–H and O–H groups in total. The third-order valence-corrected chi connectivity index (χ3v) is 3.23. The molecule has 1 saturated heterocycles. The van der Waals surface area contributed by atoms with Gasteiger partial charge in [0.15, 0.2) is 0 Å². The van der Waals surface area contributed by atoms with Gasteiger partial charge in [-0.3, -0.25) is 4.79 Å². The van der Waals surface area contributed by atoms with Gasteiger partial charge in [-0.05, 0) is 47.0 Å². The third kappa shape index (κ3) is 2.33. The number of rotatable bonds is 0. The number of nitrogens with zero attached hydrogens (tertiary/aromatic N) is 1. The topological polar surface area (TPSA) is 20.3 Å². The highest BCUT2D eigenvalue weighted by molar-refractivity contribution is 5.83. The maximum Gasteiger partial charge on any atom is 0.471 e. The molecule has 94 valence electrons. The fourth-order valence-corrected chi connectivity index (χ4v) is 2.67. The average Bonchev–Trinajstić information content (AvgIpc) is 1.97. The monoisotopic (exact) mass is 237 g/mol. The van der Waals surface area contributed by atoms with Gasteiger partial charge < -0.3 is 4.90 Å². The van der Waals surface area contributed by atoms with E-state index in [-0.39, 0.29) is 0 Å². The van der Waals surface area contributed by atoms with Crippen LogP contribution >= 0.6 is 0 Å². The maximum atomic E-state index is 12.5. The molecular formula is C11H18F3NO. The van der Waals surface area contributed by atoms with Crippen molar-refractivity contribution < 1.29 is 18.0 Å². The first-order valence-corrected chi connectivity index (χ1v) is 5.40. The van der Waals surface area contributed by atoms with Crippen LogP contribution in [0.3, 0.4) is 0 Å². The molecule has 0 atom stereocenters. The van der Waals surface area contributed by atoms with Crippen LogP contribution in [-0.2, 0) is 4.79 Å². The van der Waals surface area contributed by atoms with E-state index < -0.39 is 23.2 Å². The Balaban J connectivity index is 3.09. The summed E-state index contributed by atoms with van der Waals surface area (Å²) < 4.78 is 37.6. The molecule has 1 aliphatic heterocycles. The second-order valence-electron chi connectivity index (χ2n) is 5.62. The van der Waals surface area contributed by atoms with Crippen LogP contribution in [0.5, 0.6) is 0 Å². The number of piperidine rings is 1. The van der Waals surface area contributed by atoms with E-state index in [0.717, 1.165) is 11.3 Å². The Labute approximate surface area is 93.8 Å². The largest absolute Gasteiger partial charge is 0.471 e. The number of halogens is 3. The lowest BCUT2D eigenvalue weighted by Crippen LogP contribution is -2.63. The van der Waals surface area contributed by atoms with Gasteiger partial charge in [0.25, 0.3) is 0 Å². The van der Waals surface area contributed by atoms with Crippen LogP contribution < -0.4 is 0 Å². The lowest BCUT2D eigenvalue weighted by atomic mass is 9.79. The fraction of sp³-hybridized carbons (Fsp3) is 0.909. The average molecular weight is 237 g/mol. The van der Waals surface area contributed by atoms with Crippen molar-refractivity contribution in [1.82, 2.24) is 4.90 Å². The summed E-state index contributed by atoms with van der Waals surface area (Å²) in [5.74, 6) is -1.72. The van der Waals surface area contributed by atoms with Crippen molar-refractivity contribution in [2.24, 2.45) is 0 Å². The van der Waals surface area contributed by atoms with Gasteiger partial charge in [0.05, 0.1) is 0 Å². The number of hydrogen-bond donors (Lipinski definition) is 0. The standard InChI is InChI=1S/C11H18F3NO/c1-9(2)6-5-7-10(3,4)15(9)8(16)11(12,13)14/h5-7H2,1-4H3. The van der Waals surface area contributed by atoms with Gasteiger partial charge in [0, 0.05) is 11.1 Å². The van der Waals surface area contributed by atoms with E-state index in [4.69, 9.17) is 0 Å². The summed E-state index contributed by atoms with van der Waals surface area (Å²) in [5, 5.41) is 0. The predicted octanol–water partition coefficient (Wildman–Crippen LogP) is 3.12. The summed E-state index contributed by atoms with van der Waals surface area (Å²) in [6.07, 6.45) is -2.72. The molecule has 0 spiro atoms. The van der Waals surface area contributed by atoms with E-state index in [1.165, 1.54) is 0 Å². The van der Waals surface area contributed by atoms with E-state index in [9.17, 15) is 18.0 Å². The zero-order chi connectivity index (χ0) is 12.8. The SMILES string of the molecule is CC1(C)CCCC(C)(C)N1C(=O)C(F)(F)F. The molecule has 0 aliphatic carbocycles. The minimum Gasteiger partial charge on any atom is -0.325 e. The van der Waals surface area contributed by atoms with Crippen LogP contribution in [0.25, 0.3) is 0 Å². The number of alkyl halides is 3. The van der Waals surface area contributed by atoms with Crippen molar-refractivity contribution in [3.05, 3.63) is 0 Å². The van der Waals surface area contributed by atoms with E-state index in [1.807, 2.05) is 0 Å². The van der Waals surface area contributed by atoms with Crippen LogP contribution in [0.2, 0.25) is 0 Å². The van der Waals surface area contributed by atoms with Gasteiger partial charge in [-0.1, -0.05) is 0 Å². The Morgan fingerprint density at radius 2 is 1.44 bits per heavy atom. The normalized spacial score (nSPS) is 24.3. The van der Waals surface area contributed by atoms with Gasteiger partial charge in [-0.2, -0.15) is 13.2 Å². The maximum absolute atomic E-state index is 12.5. The predicted molar refractivity (Wildman–Crippen MR) is 54.9 cm³/mol. The molecule has 1 rings (SSSR count). The molecule has 1 fully saturated rings.